The molecule has 0 unspecified atom stereocenters. The molecule has 0 saturated heterocycles. The molecule has 1 atom stereocenters. The summed E-state index contributed by atoms with van der Waals surface area (Å²) >= 11 is 0. The topological polar surface area (TPSA) is 70.7 Å². The van der Waals surface area contributed by atoms with Gasteiger partial charge in [-0.05, 0) is 29.7 Å². The molecule has 0 radical (unpaired) electrons. The number of nitrogens with one attached hydrogen (secondary N) is 2. The molecular weight excluding hydrogens is 288 g/mol. The van der Waals surface area contributed by atoms with Crippen LogP contribution in [0.5, 0.6) is 0 Å². The Kier molecular flexibility index (Phi) is 3.38. The first-order valence-corrected chi connectivity index (χ1v) is 7.62. The minimum Gasteiger partial charge on any atom is -0.351 e. The Hall–Kier alpha value is -2.95. The number of benzene rings is 1. The number of hydrogen-bond acceptors (Lipinski definition) is 3. The van der Waals surface area contributed by atoms with Crippen molar-refractivity contribution in [2.75, 3.05) is 6.54 Å². The number of aromatic nitrogens is 3. The van der Waals surface area contributed by atoms with E-state index in [-0.39, 0.29) is 5.91 Å². The van der Waals surface area contributed by atoms with Crippen LogP contribution in [0, 0.1) is 0 Å². The van der Waals surface area contributed by atoms with Gasteiger partial charge in [0, 0.05) is 30.4 Å². The Bertz CT molecular complexity index is 841. The molecule has 1 amide bonds. The lowest BCUT2D eigenvalue weighted by Gasteiger charge is -2.30. The fourth-order valence-corrected chi connectivity index (χ4v) is 3.05. The number of fused-ring (bicyclic) bond motifs is 1. The maximum Gasteiger partial charge on any atom is 0.255 e. The maximum atomic E-state index is 12.5. The highest BCUT2D eigenvalue weighted by Gasteiger charge is 2.26. The number of amides is 1. The molecule has 1 aromatic carbocycles. The molecule has 0 bridgehead atoms. The van der Waals surface area contributed by atoms with Crippen molar-refractivity contribution < 1.29 is 4.79 Å². The average molecular weight is 304 g/mol. The van der Waals surface area contributed by atoms with Crippen LogP contribution in [-0.4, -0.2) is 27.6 Å². The summed E-state index contributed by atoms with van der Waals surface area (Å²) in [5.41, 5.74) is 4.90. The molecule has 114 valence electrons. The molecule has 2 heterocycles. The third-order valence-electron chi connectivity index (χ3n) is 4.32. The van der Waals surface area contributed by atoms with Crippen molar-refractivity contribution in [3.05, 3.63) is 71.7 Å². The van der Waals surface area contributed by atoms with Crippen LogP contribution >= 0.6 is 0 Å². The van der Waals surface area contributed by atoms with Crippen LogP contribution in [0.1, 0.15) is 27.4 Å². The van der Waals surface area contributed by atoms with Crippen LogP contribution < -0.4 is 5.32 Å². The molecule has 0 saturated carbocycles. The summed E-state index contributed by atoms with van der Waals surface area (Å²) in [6.07, 6.45) is 5.99. The summed E-state index contributed by atoms with van der Waals surface area (Å²) in [5.74, 6) is 0.307. The largest absolute Gasteiger partial charge is 0.351 e. The van der Waals surface area contributed by atoms with E-state index < -0.39 is 0 Å². The summed E-state index contributed by atoms with van der Waals surface area (Å²) in [7, 11) is 0. The Morgan fingerprint density at radius 3 is 2.87 bits per heavy atom. The Morgan fingerprint density at radius 2 is 2.04 bits per heavy atom. The molecule has 0 fully saturated rings. The van der Waals surface area contributed by atoms with Crippen LogP contribution in [0.25, 0.3) is 11.3 Å². The van der Waals surface area contributed by atoms with E-state index in [4.69, 9.17) is 0 Å². The monoisotopic (exact) mass is 304 g/mol. The minimum atomic E-state index is -0.102. The van der Waals surface area contributed by atoms with Gasteiger partial charge in [-0.25, -0.2) is 0 Å². The predicted octanol–water partition coefficient (Wildman–Crippen LogP) is 2.54. The van der Waals surface area contributed by atoms with Gasteiger partial charge in [-0.2, -0.15) is 5.10 Å². The molecule has 0 spiro atoms. The minimum absolute atomic E-state index is 0.102. The average Bonchev–Trinajstić information content (AvgIpc) is 3.06. The van der Waals surface area contributed by atoms with Gasteiger partial charge in [0.15, 0.2) is 0 Å². The lowest BCUT2D eigenvalue weighted by atomic mass is 9.77. The lowest BCUT2D eigenvalue weighted by Crippen LogP contribution is -2.33. The number of carbonyl (C=O) groups is 1. The first kappa shape index (κ1) is 13.7. The van der Waals surface area contributed by atoms with E-state index in [9.17, 15) is 4.79 Å². The van der Waals surface area contributed by atoms with Gasteiger partial charge in [-0.3, -0.25) is 14.9 Å². The third kappa shape index (κ3) is 2.50. The van der Waals surface area contributed by atoms with Gasteiger partial charge in [0.05, 0.1) is 17.5 Å². The quantitative estimate of drug-likeness (QED) is 0.778. The lowest BCUT2D eigenvalue weighted by molar-refractivity contribution is 0.0951. The zero-order valence-corrected chi connectivity index (χ0v) is 12.5. The normalized spacial score (nSPS) is 15.6. The second-order valence-electron chi connectivity index (χ2n) is 5.70. The molecule has 4 rings (SSSR count). The van der Waals surface area contributed by atoms with Crippen molar-refractivity contribution in [3.63, 3.8) is 0 Å². The van der Waals surface area contributed by atoms with Crippen molar-refractivity contribution in [3.8, 4) is 11.3 Å². The number of nitrogens with zero attached hydrogens (tertiary/aromatic N) is 2. The van der Waals surface area contributed by atoms with E-state index in [2.05, 4.69) is 38.7 Å². The first-order valence-electron chi connectivity index (χ1n) is 7.62. The SMILES string of the molecule is O=C(NC[C@H]1Cc2ccccc21)c1cn[nH]c1-c1ccncc1. The van der Waals surface area contributed by atoms with Gasteiger partial charge >= 0.3 is 0 Å². The summed E-state index contributed by atoms with van der Waals surface area (Å²) in [5, 5.41) is 9.93. The maximum absolute atomic E-state index is 12.5. The van der Waals surface area contributed by atoms with Gasteiger partial charge in [-0.1, -0.05) is 24.3 Å². The number of rotatable bonds is 4. The van der Waals surface area contributed by atoms with E-state index in [0.717, 1.165) is 17.7 Å². The fourth-order valence-electron chi connectivity index (χ4n) is 3.05. The van der Waals surface area contributed by atoms with Crippen LogP contribution in [0.2, 0.25) is 0 Å². The van der Waals surface area contributed by atoms with E-state index in [0.29, 0.717) is 18.0 Å². The van der Waals surface area contributed by atoms with Crippen LogP contribution in [0.15, 0.2) is 55.0 Å². The molecular formula is C18H16N4O. The molecule has 3 aromatic rings. The highest BCUT2D eigenvalue weighted by Crippen LogP contribution is 2.34. The third-order valence-corrected chi connectivity index (χ3v) is 4.32. The predicted molar refractivity (Wildman–Crippen MR) is 87.0 cm³/mol. The first-order chi connectivity index (χ1) is 11.3. The Morgan fingerprint density at radius 1 is 1.22 bits per heavy atom. The molecule has 0 aliphatic heterocycles. The number of carbonyl (C=O) groups excluding carboxylic acids is 1. The standard InChI is InChI=1S/C18H16N4O/c23-18(20-10-14-9-13-3-1-2-4-15(13)14)16-11-21-22-17(16)12-5-7-19-8-6-12/h1-8,11,14H,9-10H2,(H,20,23)(H,21,22)/t14-/m1/s1. The van der Waals surface area contributed by atoms with Crippen molar-refractivity contribution in [1.82, 2.24) is 20.5 Å². The van der Waals surface area contributed by atoms with Crippen molar-refractivity contribution in [2.45, 2.75) is 12.3 Å². The molecule has 1 aliphatic rings. The second-order valence-corrected chi connectivity index (χ2v) is 5.70. The highest BCUT2D eigenvalue weighted by atomic mass is 16.1. The fraction of sp³-hybridized carbons (Fsp3) is 0.167. The molecule has 5 heteroatoms. The summed E-state index contributed by atoms with van der Waals surface area (Å²) in [6, 6.07) is 12.1. The van der Waals surface area contributed by atoms with E-state index in [1.807, 2.05) is 18.2 Å². The number of H-pyrrole nitrogens is 1. The molecule has 23 heavy (non-hydrogen) atoms. The molecule has 5 nitrogen and oxygen atoms in total. The van der Waals surface area contributed by atoms with E-state index >= 15 is 0 Å². The van der Waals surface area contributed by atoms with Crippen LogP contribution in [0.4, 0.5) is 0 Å². The zero-order chi connectivity index (χ0) is 15.6. The van der Waals surface area contributed by atoms with Gasteiger partial charge in [-0.15, -0.1) is 0 Å². The van der Waals surface area contributed by atoms with Crippen LogP contribution in [0.3, 0.4) is 0 Å². The number of aromatic amines is 1. The molecule has 2 N–H and O–H groups in total. The smallest absolute Gasteiger partial charge is 0.255 e. The summed E-state index contributed by atoms with van der Waals surface area (Å²) < 4.78 is 0. The van der Waals surface area contributed by atoms with E-state index in [1.54, 1.807) is 18.6 Å². The summed E-state index contributed by atoms with van der Waals surface area (Å²) in [4.78, 5) is 16.5. The second kappa shape index (κ2) is 5.68. The number of pyridine rings is 1. The van der Waals surface area contributed by atoms with Gasteiger partial charge < -0.3 is 5.32 Å². The van der Waals surface area contributed by atoms with Crippen molar-refractivity contribution in [2.24, 2.45) is 0 Å². The zero-order valence-electron chi connectivity index (χ0n) is 12.5. The molecule has 1 aliphatic carbocycles. The Labute approximate surface area is 133 Å². The van der Waals surface area contributed by atoms with Crippen molar-refractivity contribution in [1.29, 1.82) is 0 Å². The Balaban J connectivity index is 1.46. The number of hydrogen-bond donors (Lipinski definition) is 2. The highest BCUT2D eigenvalue weighted by molar-refractivity contribution is 5.99. The van der Waals surface area contributed by atoms with Gasteiger partial charge in [0.2, 0.25) is 0 Å². The van der Waals surface area contributed by atoms with Crippen LogP contribution in [-0.2, 0) is 6.42 Å². The summed E-state index contributed by atoms with van der Waals surface area (Å²) in [6.45, 7) is 0.650. The van der Waals surface area contributed by atoms with Gasteiger partial charge in [0.25, 0.3) is 5.91 Å². The molecule has 2 aromatic heterocycles. The van der Waals surface area contributed by atoms with E-state index in [1.165, 1.54) is 11.1 Å². The van der Waals surface area contributed by atoms with Gasteiger partial charge in [0.1, 0.15) is 0 Å². The van der Waals surface area contributed by atoms with Crippen molar-refractivity contribution >= 4 is 5.91 Å².